The molecule has 178 valence electrons. The Kier molecular flexibility index (Phi) is 6.76. The highest BCUT2D eigenvalue weighted by Crippen LogP contribution is 2.31. The predicted octanol–water partition coefficient (Wildman–Crippen LogP) is 2.08. The van der Waals surface area contributed by atoms with Crippen LogP contribution < -0.4 is 5.32 Å². The van der Waals surface area contributed by atoms with Crippen LogP contribution in [0.5, 0.6) is 0 Å². The van der Waals surface area contributed by atoms with Crippen molar-refractivity contribution in [2.24, 2.45) is 5.92 Å². The summed E-state index contributed by atoms with van der Waals surface area (Å²) in [7, 11) is 0. The van der Waals surface area contributed by atoms with Gasteiger partial charge in [0.1, 0.15) is 0 Å². The van der Waals surface area contributed by atoms with Gasteiger partial charge in [-0.2, -0.15) is 0 Å². The number of fused-ring (bicyclic) bond motifs is 1. The Morgan fingerprint density at radius 1 is 0.970 bits per heavy atom. The van der Waals surface area contributed by atoms with E-state index in [1.807, 2.05) is 0 Å². The van der Waals surface area contributed by atoms with Crippen LogP contribution in [0, 0.1) is 5.92 Å². The van der Waals surface area contributed by atoms with Crippen LogP contribution in [0.25, 0.3) is 0 Å². The van der Waals surface area contributed by atoms with Crippen LogP contribution in [0.3, 0.4) is 0 Å². The molecular formula is C25H33N3O5. The molecule has 0 bridgehead atoms. The van der Waals surface area contributed by atoms with Crippen molar-refractivity contribution in [2.75, 3.05) is 46.1 Å². The highest BCUT2D eigenvalue weighted by molar-refractivity contribution is 6.22. The van der Waals surface area contributed by atoms with Crippen LogP contribution in [-0.4, -0.2) is 85.7 Å². The molecule has 1 aliphatic carbocycles. The number of rotatable bonds is 6. The number of carbonyl (C=O) groups is 3. The van der Waals surface area contributed by atoms with Gasteiger partial charge in [-0.05, 0) is 37.5 Å². The summed E-state index contributed by atoms with van der Waals surface area (Å²) >= 11 is 0. The second kappa shape index (κ2) is 9.91. The SMILES string of the molecule is O=C(NCC(C1CCOC1)N1CCOCC1)c1ccc2c(c1)C(=O)N(C1CCCCC1)C2=O. The first kappa shape index (κ1) is 22.5. The van der Waals surface area contributed by atoms with E-state index in [1.165, 1.54) is 4.90 Å². The van der Waals surface area contributed by atoms with Crippen molar-refractivity contribution in [1.82, 2.24) is 15.1 Å². The Bertz CT molecular complexity index is 901. The lowest BCUT2D eigenvalue weighted by atomic mass is 9.94. The molecular weight excluding hydrogens is 422 g/mol. The summed E-state index contributed by atoms with van der Waals surface area (Å²) in [5.74, 6) is -0.314. The van der Waals surface area contributed by atoms with Gasteiger partial charge in [0.15, 0.2) is 0 Å². The van der Waals surface area contributed by atoms with Crippen molar-refractivity contribution in [1.29, 1.82) is 0 Å². The molecule has 8 nitrogen and oxygen atoms in total. The molecule has 0 radical (unpaired) electrons. The zero-order chi connectivity index (χ0) is 22.8. The zero-order valence-corrected chi connectivity index (χ0v) is 19.1. The average Bonchev–Trinajstić information content (AvgIpc) is 3.47. The van der Waals surface area contributed by atoms with Crippen LogP contribution in [0.15, 0.2) is 18.2 Å². The van der Waals surface area contributed by atoms with Crippen LogP contribution in [0.1, 0.15) is 69.6 Å². The molecule has 8 heteroatoms. The van der Waals surface area contributed by atoms with E-state index in [-0.39, 0.29) is 29.8 Å². The Labute approximate surface area is 194 Å². The second-order valence-electron chi connectivity index (χ2n) is 9.58. The van der Waals surface area contributed by atoms with Crippen molar-refractivity contribution in [3.63, 3.8) is 0 Å². The molecule has 1 saturated carbocycles. The lowest BCUT2D eigenvalue weighted by Gasteiger charge is -2.37. The fourth-order valence-corrected chi connectivity index (χ4v) is 5.73. The Morgan fingerprint density at radius 2 is 1.73 bits per heavy atom. The molecule has 3 amide bonds. The zero-order valence-electron chi connectivity index (χ0n) is 19.1. The monoisotopic (exact) mass is 455 g/mol. The van der Waals surface area contributed by atoms with Gasteiger partial charge in [0.2, 0.25) is 0 Å². The minimum absolute atomic E-state index is 0.0219. The molecule has 5 rings (SSSR count). The number of imide groups is 1. The number of nitrogens with zero attached hydrogens (tertiary/aromatic N) is 2. The van der Waals surface area contributed by atoms with Crippen molar-refractivity contribution in [3.8, 4) is 0 Å². The van der Waals surface area contributed by atoms with Crippen LogP contribution in [0.2, 0.25) is 0 Å². The van der Waals surface area contributed by atoms with Crippen molar-refractivity contribution < 1.29 is 23.9 Å². The second-order valence-corrected chi connectivity index (χ2v) is 9.58. The fraction of sp³-hybridized carbons (Fsp3) is 0.640. The first-order valence-electron chi connectivity index (χ1n) is 12.3. The maximum Gasteiger partial charge on any atom is 0.261 e. The maximum atomic E-state index is 13.1. The van der Waals surface area contributed by atoms with E-state index in [9.17, 15) is 14.4 Å². The number of benzene rings is 1. The van der Waals surface area contributed by atoms with Crippen molar-refractivity contribution >= 4 is 17.7 Å². The van der Waals surface area contributed by atoms with E-state index < -0.39 is 0 Å². The van der Waals surface area contributed by atoms with Crippen molar-refractivity contribution in [2.45, 2.75) is 50.6 Å². The topological polar surface area (TPSA) is 88.2 Å². The van der Waals surface area contributed by atoms with Gasteiger partial charge in [-0.25, -0.2) is 0 Å². The molecule has 3 heterocycles. The van der Waals surface area contributed by atoms with Crippen LogP contribution >= 0.6 is 0 Å². The predicted molar refractivity (Wildman–Crippen MR) is 121 cm³/mol. The third-order valence-electron chi connectivity index (χ3n) is 7.62. The lowest BCUT2D eigenvalue weighted by Crippen LogP contribution is -2.52. The molecule has 4 aliphatic rings. The molecule has 1 aromatic rings. The summed E-state index contributed by atoms with van der Waals surface area (Å²) < 4.78 is 11.1. The Morgan fingerprint density at radius 3 is 2.45 bits per heavy atom. The van der Waals surface area contributed by atoms with Gasteiger partial charge >= 0.3 is 0 Å². The molecule has 1 aromatic carbocycles. The molecule has 1 N–H and O–H groups in total. The fourth-order valence-electron chi connectivity index (χ4n) is 5.73. The summed E-state index contributed by atoms with van der Waals surface area (Å²) in [5.41, 5.74) is 1.19. The standard InChI is InChI=1S/C25H33N3O5/c29-23(26-15-22(18-8-11-33-16-18)27-9-12-32-13-10-27)17-6-7-20-21(14-17)25(31)28(24(20)30)19-4-2-1-3-5-19/h6-7,14,18-19,22H,1-5,8-13,15-16H2,(H,26,29). The number of amides is 3. The number of hydrogen-bond donors (Lipinski definition) is 1. The maximum absolute atomic E-state index is 13.1. The number of ether oxygens (including phenoxy) is 2. The first-order chi connectivity index (χ1) is 16.1. The summed E-state index contributed by atoms with van der Waals surface area (Å²) in [5, 5.41) is 3.08. The minimum atomic E-state index is -0.258. The molecule has 3 fully saturated rings. The summed E-state index contributed by atoms with van der Waals surface area (Å²) in [6.45, 7) is 5.10. The largest absolute Gasteiger partial charge is 0.381 e. The van der Waals surface area contributed by atoms with E-state index in [0.717, 1.165) is 58.2 Å². The smallest absolute Gasteiger partial charge is 0.261 e. The minimum Gasteiger partial charge on any atom is -0.381 e. The highest BCUT2D eigenvalue weighted by Gasteiger charge is 2.40. The number of morpholine rings is 1. The highest BCUT2D eigenvalue weighted by atomic mass is 16.5. The van der Waals surface area contributed by atoms with E-state index in [1.54, 1.807) is 18.2 Å². The number of carbonyl (C=O) groups excluding carboxylic acids is 3. The molecule has 0 spiro atoms. The van der Waals surface area contributed by atoms with E-state index in [0.29, 0.717) is 49.0 Å². The van der Waals surface area contributed by atoms with Gasteiger partial charge in [-0.3, -0.25) is 24.2 Å². The van der Waals surface area contributed by atoms with Crippen LogP contribution in [-0.2, 0) is 9.47 Å². The number of hydrogen-bond acceptors (Lipinski definition) is 6. The summed E-state index contributed by atoms with van der Waals surface area (Å²) in [6, 6.07) is 5.06. The van der Waals surface area contributed by atoms with Gasteiger partial charge in [0.25, 0.3) is 17.7 Å². The molecule has 2 atom stereocenters. The van der Waals surface area contributed by atoms with Gasteiger partial charge < -0.3 is 14.8 Å². The normalized spacial score (nSPS) is 25.3. The van der Waals surface area contributed by atoms with Crippen molar-refractivity contribution in [3.05, 3.63) is 34.9 Å². The molecule has 2 saturated heterocycles. The molecule has 2 unspecified atom stereocenters. The Hall–Kier alpha value is -2.29. The molecule has 3 aliphatic heterocycles. The Balaban J connectivity index is 1.27. The first-order valence-corrected chi connectivity index (χ1v) is 12.3. The quantitative estimate of drug-likeness (QED) is 0.661. The summed E-state index contributed by atoms with van der Waals surface area (Å²) in [4.78, 5) is 42.8. The van der Waals surface area contributed by atoms with Gasteiger partial charge in [0.05, 0.1) is 30.9 Å². The third kappa shape index (κ3) is 4.56. The van der Waals surface area contributed by atoms with E-state index >= 15 is 0 Å². The van der Waals surface area contributed by atoms with Crippen LogP contribution in [0.4, 0.5) is 0 Å². The van der Waals surface area contributed by atoms with Gasteiger partial charge in [-0.15, -0.1) is 0 Å². The summed E-state index contributed by atoms with van der Waals surface area (Å²) in [6.07, 6.45) is 5.97. The van der Waals surface area contributed by atoms with E-state index in [2.05, 4.69) is 10.2 Å². The molecule has 33 heavy (non-hydrogen) atoms. The van der Waals surface area contributed by atoms with Gasteiger partial charge in [0, 0.05) is 49.8 Å². The van der Waals surface area contributed by atoms with Gasteiger partial charge in [-0.1, -0.05) is 19.3 Å². The molecule has 0 aromatic heterocycles. The van der Waals surface area contributed by atoms with E-state index in [4.69, 9.17) is 9.47 Å². The average molecular weight is 456 g/mol. The lowest BCUT2D eigenvalue weighted by molar-refractivity contribution is 0.00166. The third-order valence-corrected chi connectivity index (χ3v) is 7.62. The number of nitrogens with one attached hydrogen (secondary N) is 1.